The summed E-state index contributed by atoms with van der Waals surface area (Å²) in [5.41, 5.74) is 6.41. The van der Waals surface area contributed by atoms with Crippen molar-refractivity contribution in [2.45, 2.75) is 49.9 Å². The number of hydrogen-bond donors (Lipinski definition) is 6. The number of benzene rings is 1. The molecule has 1 aromatic rings. The first kappa shape index (κ1) is 26.1. The number of amides is 3. The molecule has 1 fully saturated rings. The molecule has 0 aliphatic carbocycles. The maximum Gasteiger partial charge on any atom is 0.327 e. The predicted molar refractivity (Wildman–Crippen MR) is 120 cm³/mol. The van der Waals surface area contributed by atoms with Crippen LogP contribution in [0.4, 0.5) is 0 Å². The van der Waals surface area contributed by atoms with E-state index in [1.807, 2.05) is 0 Å². The molecule has 0 spiro atoms. The topological polar surface area (TPSA) is 179 Å². The molecule has 1 aliphatic rings. The number of aliphatic carboxylic acids is 2. The Morgan fingerprint density at radius 3 is 2.33 bits per heavy atom. The average Bonchev–Trinajstić information content (AvgIpc) is 3.26. The van der Waals surface area contributed by atoms with Crippen molar-refractivity contribution in [1.29, 1.82) is 0 Å². The highest BCUT2D eigenvalue weighted by atomic mass is 32.1. The Balaban J connectivity index is 2.17. The maximum atomic E-state index is 13.0. The van der Waals surface area contributed by atoms with Gasteiger partial charge in [0, 0.05) is 18.7 Å². The van der Waals surface area contributed by atoms with Gasteiger partial charge in [0.05, 0.1) is 12.5 Å². The molecule has 11 nitrogen and oxygen atoms in total. The van der Waals surface area contributed by atoms with Crippen molar-refractivity contribution < 1.29 is 34.2 Å². The highest BCUT2D eigenvalue weighted by Crippen LogP contribution is 2.19. The molecule has 3 amide bonds. The van der Waals surface area contributed by atoms with Crippen molar-refractivity contribution in [3.05, 3.63) is 35.9 Å². The van der Waals surface area contributed by atoms with E-state index in [-0.39, 0.29) is 18.7 Å². The lowest BCUT2D eigenvalue weighted by Crippen LogP contribution is -2.57. The molecule has 12 heteroatoms. The minimum Gasteiger partial charge on any atom is -0.481 e. The number of likely N-dealkylation sites (tertiary alicyclic amines) is 1. The van der Waals surface area contributed by atoms with Crippen molar-refractivity contribution in [2.75, 3.05) is 12.3 Å². The van der Waals surface area contributed by atoms with Crippen molar-refractivity contribution in [1.82, 2.24) is 15.5 Å². The summed E-state index contributed by atoms with van der Waals surface area (Å²) in [4.78, 5) is 61.8. The van der Waals surface area contributed by atoms with Crippen LogP contribution in [0.25, 0.3) is 0 Å². The first-order valence-electron chi connectivity index (χ1n) is 10.4. The average molecular weight is 481 g/mol. The Labute approximate surface area is 196 Å². The van der Waals surface area contributed by atoms with Crippen LogP contribution in [0.2, 0.25) is 0 Å². The number of carbonyl (C=O) groups excluding carboxylic acids is 3. The van der Waals surface area contributed by atoms with Crippen LogP contribution in [0.3, 0.4) is 0 Å². The Morgan fingerprint density at radius 2 is 1.76 bits per heavy atom. The summed E-state index contributed by atoms with van der Waals surface area (Å²) >= 11 is 3.93. The highest BCUT2D eigenvalue weighted by molar-refractivity contribution is 7.80. The van der Waals surface area contributed by atoms with Gasteiger partial charge in [-0.2, -0.15) is 12.6 Å². The molecule has 4 unspecified atom stereocenters. The van der Waals surface area contributed by atoms with E-state index in [0.29, 0.717) is 12.8 Å². The minimum atomic E-state index is -1.29. The van der Waals surface area contributed by atoms with Crippen LogP contribution in [-0.2, 0) is 30.4 Å². The Bertz CT molecular complexity index is 883. The Morgan fingerprint density at radius 1 is 1.09 bits per heavy atom. The third-order valence-electron chi connectivity index (χ3n) is 5.26. The van der Waals surface area contributed by atoms with E-state index in [1.165, 1.54) is 4.90 Å². The monoisotopic (exact) mass is 480 g/mol. The number of thiol groups is 1. The fourth-order valence-electron chi connectivity index (χ4n) is 3.58. The third-order valence-corrected chi connectivity index (χ3v) is 5.63. The minimum absolute atomic E-state index is 0.0938. The zero-order chi connectivity index (χ0) is 24.5. The molecule has 1 saturated heterocycles. The van der Waals surface area contributed by atoms with Gasteiger partial charge in [0.25, 0.3) is 0 Å². The molecule has 6 N–H and O–H groups in total. The van der Waals surface area contributed by atoms with E-state index >= 15 is 0 Å². The first-order chi connectivity index (χ1) is 15.6. The zero-order valence-corrected chi connectivity index (χ0v) is 18.7. The normalized spacial score (nSPS) is 18.1. The second-order valence-electron chi connectivity index (χ2n) is 7.73. The second kappa shape index (κ2) is 12.2. The summed E-state index contributed by atoms with van der Waals surface area (Å²) < 4.78 is 0. The largest absolute Gasteiger partial charge is 0.481 e. The number of carboxylic acid groups (broad SMARTS) is 2. The van der Waals surface area contributed by atoms with Crippen molar-refractivity contribution in [3.8, 4) is 0 Å². The molecule has 0 bridgehead atoms. The summed E-state index contributed by atoms with van der Waals surface area (Å²) in [7, 11) is 0. The van der Waals surface area contributed by atoms with Crippen LogP contribution in [0.5, 0.6) is 0 Å². The van der Waals surface area contributed by atoms with Gasteiger partial charge in [0.1, 0.15) is 18.1 Å². The Hall–Kier alpha value is -3.12. The van der Waals surface area contributed by atoms with Crippen LogP contribution < -0.4 is 16.4 Å². The number of rotatable bonds is 11. The summed E-state index contributed by atoms with van der Waals surface area (Å²) in [6.07, 6.45) is 0.366. The van der Waals surface area contributed by atoms with Gasteiger partial charge < -0.3 is 31.5 Å². The van der Waals surface area contributed by atoms with Gasteiger partial charge in [-0.15, -0.1) is 0 Å². The quantitative estimate of drug-likeness (QED) is 0.218. The molecule has 1 heterocycles. The molecule has 0 saturated carbocycles. The van der Waals surface area contributed by atoms with E-state index in [1.54, 1.807) is 30.3 Å². The third kappa shape index (κ3) is 7.46. The lowest BCUT2D eigenvalue weighted by atomic mass is 10.0. The van der Waals surface area contributed by atoms with Crippen LogP contribution in [0.1, 0.15) is 24.8 Å². The van der Waals surface area contributed by atoms with E-state index in [4.69, 9.17) is 10.8 Å². The molecular formula is C21H28N4O7S. The van der Waals surface area contributed by atoms with Crippen LogP contribution >= 0.6 is 12.6 Å². The van der Waals surface area contributed by atoms with Gasteiger partial charge in [-0.05, 0) is 18.4 Å². The van der Waals surface area contributed by atoms with Gasteiger partial charge in [-0.3, -0.25) is 19.2 Å². The SMILES string of the molecule is NC(CC(=O)O)C(=O)N1CCCC1C(=O)NC(Cc1ccccc1)C(=O)NC(CS)C(=O)O. The number of nitrogens with one attached hydrogen (secondary N) is 2. The lowest BCUT2D eigenvalue weighted by Gasteiger charge is -2.28. The number of hydrogen-bond acceptors (Lipinski definition) is 7. The van der Waals surface area contributed by atoms with Gasteiger partial charge in [0.2, 0.25) is 17.7 Å². The summed E-state index contributed by atoms with van der Waals surface area (Å²) in [5, 5.41) is 23.1. The maximum absolute atomic E-state index is 13.0. The van der Waals surface area contributed by atoms with Gasteiger partial charge in [-0.1, -0.05) is 30.3 Å². The second-order valence-corrected chi connectivity index (χ2v) is 8.09. The Kier molecular flexibility index (Phi) is 9.67. The smallest absolute Gasteiger partial charge is 0.327 e. The fraction of sp³-hybridized carbons (Fsp3) is 0.476. The molecule has 1 aliphatic heterocycles. The van der Waals surface area contributed by atoms with E-state index < -0.39 is 60.2 Å². The molecule has 1 aromatic carbocycles. The predicted octanol–water partition coefficient (Wildman–Crippen LogP) is -0.994. The molecule has 33 heavy (non-hydrogen) atoms. The number of carboxylic acids is 2. The highest BCUT2D eigenvalue weighted by Gasteiger charge is 2.38. The zero-order valence-electron chi connectivity index (χ0n) is 17.8. The molecule has 2 rings (SSSR count). The van der Waals surface area contributed by atoms with Gasteiger partial charge in [0.15, 0.2) is 0 Å². The molecule has 4 atom stereocenters. The first-order valence-corrected chi connectivity index (χ1v) is 11.0. The molecule has 0 aromatic heterocycles. The summed E-state index contributed by atoms with van der Waals surface area (Å²) in [5.74, 6) is -4.58. The lowest BCUT2D eigenvalue weighted by molar-refractivity contribution is -0.144. The molecule has 180 valence electrons. The molecular weight excluding hydrogens is 452 g/mol. The van der Waals surface area contributed by atoms with Crippen molar-refractivity contribution >= 4 is 42.3 Å². The van der Waals surface area contributed by atoms with Crippen LogP contribution in [-0.4, -0.2) is 81.2 Å². The van der Waals surface area contributed by atoms with Gasteiger partial charge >= 0.3 is 11.9 Å². The van der Waals surface area contributed by atoms with E-state index in [2.05, 4.69) is 23.3 Å². The summed E-state index contributed by atoms with van der Waals surface area (Å²) in [6.45, 7) is 0.237. The molecule has 0 radical (unpaired) electrons. The van der Waals surface area contributed by atoms with E-state index in [9.17, 15) is 29.1 Å². The number of nitrogens with two attached hydrogens (primary N) is 1. The fourth-order valence-corrected chi connectivity index (χ4v) is 3.82. The van der Waals surface area contributed by atoms with Crippen LogP contribution in [0.15, 0.2) is 30.3 Å². The standard InChI is InChI=1S/C21H28N4O7S/c22-13(10-17(26)27)20(30)25-8-4-7-16(25)19(29)23-14(9-12-5-2-1-3-6-12)18(28)24-15(11-33)21(31)32/h1-3,5-6,13-16,33H,4,7-11,22H2,(H,23,29)(H,24,28)(H,26,27)(H,31,32). The van der Waals surface area contributed by atoms with Crippen molar-refractivity contribution in [3.63, 3.8) is 0 Å². The van der Waals surface area contributed by atoms with Gasteiger partial charge in [-0.25, -0.2) is 4.79 Å². The number of carbonyl (C=O) groups is 5. The summed E-state index contributed by atoms with van der Waals surface area (Å²) in [6, 6.07) is 4.30. The van der Waals surface area contributed by atoms with Crippen LogP contribution in [0, 0.1) is 0 Å². The van der Waals surface area contributed by atoms with Crippen molar-refractivity contribution in [2.24, 2.45) is 5.73 Å². The number of nitrogens with zero attached hydrogens (tertiary/aromatic N) is 1. The van der Waals surface area contributed by atoms with E-state index in [0.717, 1.165) is 5.56 Å².